The molecule has 2 aromatic rings. The normalized spacial score (nSPS) is 11.2. The molecule has 0 aliphatic rings. The molecule has 19 heavy (non-hydrogen) atoms. The number of hydrogen-bond acceptors (Lipinski definition) is 1. The van der Waals surface area contributed by atoms with Gasteiger partial charge in [0.2, 0.25) is 0 Å². The van der Waals surface area contributed by atoms with E-state index < -0.39 is 0 Å². The molecule has 3 heteroatoms. The number of halogens is 1. The molecule has 0 unspecified atom stereocenters. The highest BCUT2D eigenvalue weighted by atomic mass is 35.5. The summed E-state index contributed by atoms with van der Waals surface area (Å²) in [7, 11) is 1.84. The molecule has 0 aliphatic heterocycles. The fraction of sp³-hybridized carbons (Fsp3) is 0.438. The minimum atomic E-state index is 0.139. The van der Waals surface area contributed by atoms with Gasteiger partial charge in [-0.05, 0) is 36.6 Å². The SMILES string of the molecule is CCCc1c(CCC)c2cc(Cl)ccc2n(C)c1=O. The third-order valence-corrected chi connectivity index (χ3v) is 3.81. The highest BCUT2D eigenvalue weighted by Crippen LogP contribution is 2.25. The number of aryl methyl sites for hydroxylation is 2. The van der Waals surface area contributed by atoms with Crippen molar-refractivity contribution < 1.29 is 0 Å². The number of rotatable bonds is 4. The van der Waals surface area contributed by atoms with Crippen molar-refractivity contribution in [2.24, 2.45) is 7.05 Å². The zero-order valence-corrected chi connectivity index (χ0v) is 12.5. The quantitative estimate of drug-likeness (QED) is 0.825. The van der Waals surface area contributed by atoms with Crippen LogP contribution < -0.4 is 5.56 Å². The van der Waals surface area contributed by atoms with E-state index in [-0.39, 0.29) is 5.56 Å². The van der Waals surface area contributed by atoms with Gasteiger partial charge in [-0.15, -0.1) is 0 Å². The van der Waals surface area contributed by atoms with E-state index in [4.69, 9.17) is 11.6 Å². The van der Waals surface area contributed by atoms with Gasteiger partial charge in [0.1, 0.15) is 0 Å². The van der Waals surface area contributed by atoms with Crippen molar-refractivity contribution in [3.05, 3.63) is 44.7 Å². The van der Waals surface area contributed by atoms with Crippen LogP contribution in [0, 0.1) is 0 Å². The standard InChI is InChI=1S/C16H20ClNO/c1-4-6-12-13(7-5-2)16(19)18(3)15-9-8-11(17)10-14(12)15/h8-10H,4-7H2,1-3H3. The van der Waals surface area contributed by atoms with E-state index in [9.17, 15) is 4.79 Å². The summed E-state index contributed by atoms with van der Waals surface area (Å²) < 4.78 is 1.75. The number of pyridine rings is 1. The van der Waals surface area contributed by atoms with Crippen LogP contribution in [-0.2, 0) is 19.9 Å². The van der Waals surface area contributed by atoms with Crippen molar-refractivity contribution in [1.82, 2.24) is 4.57 Å². The lowest BCUT2D eigenvalue weighted by Crippen LogP contribution is -2.24. The molecular weight excluding hydrogens is 258 g/mol. The van der Waals surface area contributed by atoms with Gasteiger partial charge in [-0.3, -0.25) is 4.79 Å². The molecule has 0 N–H and O–H groups in total. The van der Waals surface area contributed by atoms with Gasteiger partial charge in [0.05, 0.1) is 5.52 Å². The first-order valence-electron chi connectivity index (χ1n) is 6.90. The van der Waals surface area contributed by atoms with E-state index in [0.717, 1.165) is 47.2 Å². The van der Waals surface area contributed by atoms with Crippen LogP contribution in [0.3, 0.4) is 0 Å². The van der Waals surface area contributed by atoms with E-state index in [1.807, 2.05) is 25.2 Å². The van der Waals surface area contributed by atoms with Crippen LogP contribution in [0.1, 0.15) is 37.8 Å². The van der Waals surface area contributed by atoms with Crippen molar-refractivity contribution in [1.29, 1.82) is 0 Å². The van der Waals surface area contributed by atoms with Crippen molar-refractivity contribution >= 4 is 22.5 Å². The van der Waals surface area contributed by atoms with Crippen LogP contribution >= 0.6 is 11.6 Å². The Bertz CT molecular complexity index is 658. The summed E-state index contributed by atoms with van der Waals surface area (Å²) in [5, 5.41) is 1.85. The third-order valence-electron chi connectivity index (χ3n) is 3.57. The summed E-state index contributed by atoms with van der Waals surface area (Å²) in [4.78, 5) is 12.5. The number of aromatic nitrogens is 1. The Kier molecular flexibility index (Phi) is 4.31. The highest BCUT2D eigenvalue weighted by molar-refractivity contribution is 6.31. The van der Waals surface area contributed by atoms with E-state index in [2.05, 4.69) is 13.8 Å². The zero-order valence-electron chi connectivity index (χ0n) is 11.8. The summed E-state index contributed by atoms with van der Waals surface area (Å²) >= 11 is 6.12. The lowest BCUT2D eigenvalue weighted by molar-refractivity contribution is 0.809. The Morgan fingerprint density at radius 3 is 2.37 bits per heavy atom. The van der Waals surface area contributed by atoms with E-state index in [1.54, 1.807) is 4.57 Å². The molecule has 1 heterocycles. The molecule has 0 radical (unpaired) electrons. The average molecular weight is 278 g/mol. The van der Waals surface area contributed by atoms with Crippen molar-refractivity contribution in [3.8, 4) is 0 Å². The monoisotopic (exact) mass is 277 g/mol. The van der Waals surface area contributed by atoms with Gasteiger partial charge in [0.15, 0.2) is 0 Å². The molecule has 0 bridgehead atoms. The molecular formula is C16H20ClNO. The zero-order chi connectivity index (χ0) is 14.0. The van der Waals surface area contributed by atoms with E-state index in [0.29, 0.717) is 0 Å². The topological polar surface area (TPSA) is 22.0 Å². The fourth-order valence-electron chi connectivity index (χ4n) is 2.69. The smallest absolute Gasteiger partial charge is 0.254 e. The lowest BCUT2D eigenvalue weighted by atomic mass is 9.96. The Hall–Kier alpha value is -1.28. The summed E-state index contributed by atoms with van der Waals surface area (Å²) in [5.41, 5.74) is 3.25. The molecule has 1 aromatic heterocycles. The largest absolute Gasteiger partial charge is 0.311 e. The first kappa shape index (κ1) is 14.1. The molecule has 0 saturated carbocycles. The minimum Gasteiger partial charge on any atom is -0.311 e. The molecule has 1 aromatic carbocycles. The van der Waals surface area contributed by atoms with Crippen molar-refractivity contribution in [2.75, 3.05) is 0 Å². The number of nitrogens with zero attached hydrogens (tertiary/aromatic N) is 1. The summed E-state index contributed by atoms with van der Waals surface area (Å²) in [6.45, 7) is 4.25. The second-order valence-corrected chi connectivity index (χ2v) is 5.42. The van der Waals surface area contributed by atoms with Gasteiger partial charge >= 0.3 is 0 Å². The Balaban J connectivity index is 2.88. The number of benzene rings is 1. The van der Waals surface area contributed by atoms with Crippen LogP contribution in [0.2, 0.25) is 5.02 Å². The van der Waals surface area contributed by atoms with Gasteiger partial charge in [-0.1, -0.05) is 38.3 Å². The first-order valence-corrected chi connectivity index (χ1v) is 7.27. The summed E-state index contributed by atoms with van der Waals surface area (Å²) in [6, 6.07) is 5.77. The molecule has 2 nitrogen and oxygen atoms in total. The number of fused-ring (bicyclic) bond motifs is 1. The van der Waals surface area contributed by atoms with Gasteiger partial charge in [-0.2, -0.15) is 0 Å². The van der Waals surface area contributed by atoms with Gasteiger partial charge < -0.3 is 4.57 Å². The maximum Gasteiger partial charge on any atom is 0.254 e. The van der Waals surface area contributed by atoms with Crippen molar-refractivity contribution in [3.63, 3.8) is 0 Å². The molecule has 0 spiro atoms. The predicted octanol–water partition coefficient (Wildman–Crippen LogP) is 4.10. The van der Waals surface area contributed by atoms with Crippen molar-refractivity contribution in [2.45, 2.75) is 39.5 Å². The molecule has 2 rings (SSSR count). The lowest BCUT2D eigenvalue weighted by Gasteiger charge is -2.15. The fourth-order valence-corrected chi connectivity index (χ4v) is 2.86. The Labute approximate surface area is 119 Å². The first-order chi connectivity index (χ1) is 9.10. The van der Waals surface area contributed by atoms with Crippen LogP contribution in [0.5, 0.6) is 0 Å². The van der Waals surface area contributed by atoms with Gasteiger partial charge in [0.25, 0.3) is 5.56 Å². The second kappa shape index (κ2) is 5.79. The molecule has 0 saturated heterocycles. The Morgan fingerprint density at radius 1 is 1.11 bits per heavy atom. The van der Waals surface area contributed by atoms with Gasteiger partial charge in [-0.25, -0.2) is 0 Å². The van der Waals surface area contributed by atoms with Crippen LogP contribution in [0.4, 0.5) is 0 Å². The van der Waals surface area contributed by atoms with Crippen LogP contribution in [-0.4, -0.2) is 4.57 Å². The Morgan fingerprint density at radius 2 is 1.74 bits per heavy atom. The number of hydrogen-bond donors (Lipinski definition) is 0. The van der Waals surface area contributed by atoms with Gasteiger partial charge in [0, 0.05) is 23.0 Å². The molecule has 0 atom stereocenters. The van der Waals surface area contributed by atoms with E-state index in [1.165, 1.54) is 5.56 Å². The maximum absolute atomic E-state index is 12.5. The average Bonchev–Trinajstić information content (AvgIpc) is 2.40. The second-order valence-electron chi connectivity index (χ2n) is 4.98. The minimum absolute atomic E-state index is 0.139. The summed E-state index contributed by atoms with van der Waals surface area (Å²) in [5.74, 6) is 0. The molecule has 102 valence electrons. The van der Waals surface area contributed by atoms with E-state index >= 15 is 0 Å². The summed E-state index contributed by atoms with van der Waals surface area (Å²) in [6.07, 6.45) is 3.79. The molecule has 0 aliphatic carbocycles. The van der Waals surface area contributed by atoms with Crippen LogP contribution in [0.25, 0.3) is 10.9 Å². The predicted molar refractivity (Wildman–Crippen MR) is 82.2 cm³/mol. The highest BCUT2D eigenvalue weighted by Gasteiger charge is 2.14. The maximum atomic E-state index is 12.5. The molecule has 0 fully saturated rings. The molecule has 0 amide bonds. The third kappa shape index (κ3) is 2.55. The van der Waals surface area contributed by atoms with Crippen LogP contribution in [0.15, 0.2) is 23.0 Å².